The number of benzene rings is 5. The minimum atomic E-state index is -0.176. The van der Waals surface area contributed by atoms with E-state index in [0.717, 1.165) is 61.7 Å². The van der Waals surface area contributed by atoms with Gasteiger partial charge in [-0.2, -0.15) is 0 Å². The molecular weight excluding hydrogens is 1010 g/mol. The Morgan fingerprint density at radius 3 is 2.07 bits per heavy atom. The van der Waals surface area contributed by atoms with Crippen LogP contribution in [0.2, 0.25) is 0 Å². The zero-order chi connectivity index (χ0) is 46.5. The van der Waals surface area contributed by atoms with Crippen LogP contribution in [0.5, 0.6) is 0 Å². The minimum absolute atomic E-state index is 0. The van der Waals surface area contributed by atoms with E-state index in [1.54, 1.807) is 12.3 Å². The Morgan fingerprint density at radius 1 is 0.716 bits per heavy atom. The molecule has 1 N–H and O–H groups in total. The number of nitrogens with zero attached hydrogens (tertiary/aromatic N) is 2. The fraction of sp³-hybridized carbons (Fsp3) is 0.350. The number of rotatable bonds is 9. The number of pyridine rings is 2. The van der Waals surface area contributed by atoms with E-state index in [0.29, 0.717) is 46.6 Å². The van der Waals surface area contributed by atoms with Crippen molar-refractivity contribution < 1.29 is 38.8 Å². The van der Waals surface area contributed by atoms with E-state index in [1.807, 2.05) is 57.3 Å². The molecule has 5 aromatic carbocycles. The van der Waals surface area contributed by atoms with Crippen LogP contribution in [-0.2, 0) is 24.9 Å². The topological polar surface area (TPSA) is 76.2 Å². The fourth-order valence-corrected chi connectivity index (χ4v) is 10.1. The second kappa shape index (κ2) is 22.1. The van der Waals surface area contributed by atoms with Gasteiger partial charge >= 0.3 is 0 Å². The summed E-state index contributed by atoms with van der Waals surface area (Å²) < 4.78 is 21.3. The van der Waals surface area contributed by atoms with E-state index >= 15 is 4.39 Å². The number of fused-ring (bicyclic) bond motifs is 5. The van der Waals surface area contributed by atoms with Gasteiger partial charge in [-0.25, -0.2) is 4.39 Å². The molecule has 0 amide bonds. The molecule has 0 bridgehead atoms. The van der Waals surface area contributed by atoms with Crippen molar-refractivity contribution in [3.63, 3.8) is 0 Å². The van der Waals surface area contributed by atoms with E-state index in [4.69, 9.17) is 4.42 Å². The Labute approximate surface area is 409 Å². The van der Waals surface area contributed by atoms with E-state index in [9.17, 15) is 9.90 Å². The van der Waals surface area contributed by atoms with E-state index in [2.05, 4.69) is 98.3 Å². The quantitative estimate of drug-likeness (QED) is 0.0885. The predicted molar refractivity (Wildman–Crippen MR) is 271 cm³/mol. The monoisotopic (exact) mass is 1070 g/mol. The van der Waals surface area contributed by atoms with Crippen molar-refractivity contribution in [1.82, 2.24) is 9.97 Å². The third kappa shape index (κ3) is 11.6. The first-order valence-corrected chi connectivity index (χ1v) is 24.1. The molecule has 8 aromatic rings. The molecule has 2 aliphatic carbocycles. The van der Waals surface area contributed by atoms with Crippen molar-refractivity contribution in [1.29, 1.82) is 0 Å². The van der Waals surface area contributed by atoms with Crippen molar-refractivity contribution in [3.8, 4) is 22.5 Å². The predicted octanol–water partition coefficient (Wildman–Crippen LogP) is 16.8. The van der Waals surface area contributed by atoms with Gasteiger partial charge in [0, 0.05) is 62.2 Å². The molecule has 0 atom stereocenters. The number of hydrogen-bond acceptors (Lipinski definition) is 5. The van der Waals surface area contributed by atoms with Crippen LogP contribution in [-0.4, -0.2) is 20.9 Å². The van der Waals surface area contributed by atoms with Gasteiger partial charge in [-0.05, 0) is 80.5 Å². The molecule has 7 heteroatoms. The molecule has 3 aromatic heterocycles. The molecule has 10 rings (SSSR count). The third-order valence-electron chi connectivity index (χ3n) is 13.4. The third-order valence-corrected chi connectivity index (χ3v) is 13.4. The number of para-hydroxylation sites is 1. The largest absolute Gasteiger partial charge is 0.512 e. The number of aliphatic hydroxyl groups excluding tert-OH is 1. The van der Waals surface area contributed by atoms with Crippen molar-refractivity contribution >= 4 is 49.3 Å². The summed E-state index contributed by atoms with van der Waals surface area (Å²) in [5.74, 6) is 2.13. The number of allylic oxidation sites excluding steroid dienone is 2. The summed E-state index contributed by atoms with van der Waals surface area (Å²) in [7, 11) is 0. The average molecular weight is 1070 g/mol. The number of hydrogen-bond donors (Lipinski definition) is 1. The van der Waals surface area contributed by atoms with Gasteiger partial charge in [-0.1, -0.05) is 159 Å². The first kappa shape index (κ1) is 49.4. The maximum atomic E-state index is 15.1. The molecule has 349 valence electrons. The molecular formula is C60H63FIrN2O3-2. The Balaban J connectivity index is 0.000000153. The summed E-state index contributed by atoms with van der Waals surface area (Å²) in [5, 5.41) is 15.7. The smallest absolute Gasteiger partial charge is 0.159 e. The Bertz CT molecular complexity index is 3020. The molecule has 0 spiro atoms. The van der Waals surface area contributed by atoms with Crippen molar-refractivity contribution in [2.24, 2.45) is 11.8 Å². The molecule has 3 heterocycles. The molecule has 2 fully saturated rings. The fourth-order valence-electron chi connectivity index (χ4n) is 10.1. The zero-order valence-corrected chi connectivity index (χ0v) is 42.5. The maximum Gasteiger partial charge on any atom is 0.159 e. The van der Waals surface area contributed by atoms with Crippen LogP contribution >= 0.6 is 0 Å². The van der Waals surface area contributed by atoms with Gasteiger partial charge < -0.3 is 19.5 Å². The van der Waals surface area contributed by atoms with Crippen LogP contribution in [0.1, 0.15) is 132 Å². The Morgan fingerprint density at radius 2 is 1.37 bits per heavy atom. The molecule has 5 nitrogen and oxygen atoms in total. The van der Waals surface area contributed by atoms with Gasteiger partial charge in [0.15, 0.2) is 5.78 Å². The number of carbonyl (C=O) groups excluding carboxylic acids is 1. The number of furan rings is 1. The van der Waals surface area contributed by atoms with Gasteiger partial charge in [0.05, 0.1) is 11.3 Å². The van der Waals surface area contributed by atoms with Crippen LogP contribution in [0.3, 0.4) is 0 Å². The number of aromatic nitrogens is 2. The summed E-state index contributed by atoms with van der Waals surface area (Å²) in [6.07, 6.45) is 16.4. The van der Waals surface area contributed by atoms with Crippen LogP contribution < -0.4 is 0 Å². The van der Waals surface area contributed by atoms with Gasteiger partial charge in [0.25, 0.3) is 0 Å². The number of ketones is 1. The molecule has 0 saturated heterocycles. The van der Waals surface area contributed by atoms with Crippen molar-refractivity contribution in [2.75, 3.05) is 0 Å². The summed E-state index contributed by atoms with van der Waals surface area (Å²) in [6.45, 7) is 14.7. The summed E-state index contributed by atoms with van der Waals surface area (Å²) in [4.78, 5) is 20.9. The van der Waals surface area contributed by atoms with E-state index in [1.165, 1.54) is 79.3 Å². The maximum absolute atomic E-state index is 15.1. The first-order chi connectivity index (χ1) is 31.8. The Hall–Kier alpha value is -5.49. The number of halogens is 1. The van der Waals surface area contributed by atoms with E-state index in [-0.39, 0.29) is 37.6 Å². The number of carbonyl (C=O) groups is 1. The molecule has 0 aliphatic heterocycles. The van der Waals surface area contributed by atoms with Crippen molar-refractivity contribution in [3.05, 3.63) is 155 Å². The van der Waals surface area contributed by atoms with Crippen LogP contribution in [0.15, 0.2) is 114 Å². The average Bonchev–Trinajstić information content (AvgIpc) is 4.08. The normalized spacial score (nSPS) is 14.4. The second-order valence-electron chi connectivity index (χ2n) is 19.4. The van der Waals surface area contributed by atoms with Crippen LogP contribution in [0, 0.1) is 50.6 Å². The SMILES string of the molecule is Cc1[c-]c(-c2nccc3c(F)c(C(C)C)ccc23)c2oc3ccccc3c2c1.Cc1[c-]c(-c2nccc3cc(C(C)C)ccc23)cc(C)c1.O=C(/C=C(\O)CC1CCCC1)CC1CCCC1.[Ir]. The van der Waals surface area contributed by atoms with Gasteiger partial charge in [-0.3, -0.25) is 4.79 Å². The Kier molecular flexibility index (Phi) is 16.3. The summed E-state index contributed by atoms with van der Waals surface area (Å²) in [5.41, 5.74) is 10.6. The number of aryl methyl sites for hydroxylation is 3. The minimum Gasteiger partial charge on any atom is -0.512 e. The summed E-state index contributed by atoms with van der Waals surface area (Å²) in [6, 6.07) is 35.5. The van der Waals surface area contributed by atoms with Crippen LogP contribution in [0.4, 0.5) is 4.39 Å². The molecule has 1 radical (unpaired) electrons. The van der Waals surface area contributed by atoms with Gasteiger partial charge in [0.1, 0.15) is 11.4 Å². The molecule has 2 aliphatic rings. The van der Waals surface area contributed by atoms with E-state index < -0.39 is 0 Å². The number of aliphatic hydroxyl groups is 1. The van der Waals surface area contributed by atoms with Crippen LogP contribution in [0.25, 0.3) is 66.0 Å². The summed E-state index contributed by atoms with van der Waals surface area (Å²) >= 11 is 0. The van der Waals surface area contributed by atoms with Gasteiger partial charge in [-0.15, -0.1) is 52.6 Å². The van der Waals surface area contributed by atoms with Gasteiger partial charge in [0.2, 0.25) is 0 Å². The second-order valence-corrected chi connectivity index (χ2v) is 19.4. The molecule has 0 unspecified atom stereocenters. The molecule has 67 heavy (non-hydrogen) atoms. The first-order valence-electron chi connectivity index (χ1n) is 24.1. The van der Waals surface area contributed by atoms with Crippen molar-refractivity contribution in [2.45, 2.75) is 125 Å². The standard InChI is InChI=1S/C25H19FNO.C20H20N.C15H24O2.Ir/c1-14(2)16-8-9-19-18(23(16)26)10-11-27-24(19)21-13-15(3)12-20-17-6-4-5-7-22(17)28-25(20)21;1-13(2)16-5-6-19-17(12-16)7-8-21-20(19)18-10-14(3)9-15(4)11-18;16-14(9-12-5-1-2-6-12)11-15(17)10-13-7-3-4-8-13;/h4-12,14H,1-3H3;5-10,12-13H,1-4H3;11-13,16H,1-10H2;/q2*-1;;/b;;14-11-;. The zero-order valence-electron chi connectivity index (χ0n) is 40.1. The molecule has 2 saturated carbocycles.